The fraction of sp³-hybridized carbons (Fsp3) is 0.280. The highest BCUT2D eigenvalue weighted by molar-refractivity contribution is 5.95. The Labute approximate surface area is 228 Å². The van der Waals surface area contributed by atoms with Crippen LogP contribution in [0.3, 0.4) is 0 Å². The van der Waals surface area contributed by atoms with Gasteiger partial charge in [0.1, 0.15) is 5.75 Å². The number of carbonyl (C=O) groups is 3. The summed E-state index contributed by atoms with van der Waals surface area (Å²) in [4.78, 5) is 30.8. The van der Waals surface area contributed by atoms with E-state index in [1.54, 1.807) is 13.3 Å². The van der Waals surface area contributed by atoms with Gasteiger partial charge in [0.25, 0.3) is 0 Å². The number of methoxy groups -OCH3 is 1. The average Bonchev–Trinajstić information content (AvgIpc) is 3.62. The number of rotatable bonds is 5. The van der Waals surface area contributed by atoms with Gasteiger partial charge in [-0.1, -0.05) is 36.4 Å². The first kappa shape index (κ1) is 32.6. The number of ether oxygens (including phenoxy) is 1. The summed E-state index contributed by atoms with van der Waals surface area (Å²) in [6, 6.07) is 15.9. The Morgan fingerprint density at radius 2 is 1.51 bits per heavy atom. The van der Waals surface area contributed by atoms with E-state index in [4.69, 9.17) is 24.5 Å². The molecule has 1 saturated heterocycles. The molecule has 0 saturated carbocycles. The van der Waals surface area contributed by atoms with Gasteiger partial charge in [0.15, 0.2) is 0 Å². The first-order valence-electron chi connectivity index (χ1n) is 11.5. The molecular weight excluding hydrogens is 566 g/mol. The summed E-state index contributed by atoms with van der Waals surface area (Å²) in [5, 5.41) is 27.4. The lowest BCUT2D eigenvalue weighted by atomic mass is 9.88. The number of anilines is 1. The van der Waals surface area contributed by atoms with Gasteiger partial charge in [0.2, 0.25) is 5.91 Å². The molecule has 1 fully saturated rings. The van der Waals surface area contributed by atoms with Crippen molar-refractivity contribution in [1.29, 1.82) is 0 Å². The first-order chi connectivity index (χ1) is 19.1. The van der Waals surface area contributed by atoms with E-state index < -0.39 is 24.3 Å². The molecule has 5 N–H and O–H groups in total. The van der Waals surface area contributed by atoms with E-state index in [0.29, 0.717) is 18.0 Å². The number of alkyl halides is 6. The molecule has 1 amide bonds. The molecule has 1 aromatic heterocycles. The second-order valence-electron chi connectivity index (χ2n) is 8.28. The fourth-order valence-electron chi connectivity index (χ4n) is 3.61. The number of H-pyrrole nitrogens is 1. The van der Waals surface area contributed by atoms with Crippen molar-refractivity contribution in [1.82, 2.24) is 15.5 Å². The quantitative estimate of drug-likeness (QED) is 0.276. The lowest BCUT2D eigenvalue weighted by Crippen LogP contribution is -2.28. The molecular formula is C25H24F6N4O6. The highest BCUT2D eigenvalue weighted by Gasteiger charge is 2.39. The molecule has 3 aromatic rings. The van der Waals surface area contributed by atoms with Gasteiger partial charge < -0.3 is 25.6 Å². The zero-order valence-electron chi connectivity index (χ0n) is 21.1. The fourth-order valence-corrected chi connectivity index (χ4v) is 3.61. The van der Waals surface area contributed by atoms with Gasteiger partial charge in [-0.3, -0.25) is 9.89 Å². The van der Waals surface area contributed by atoms with Crippen molar-refractivity contribution in [2.75, 3.05) is 25.5 Å². The van der Waals surface area contributed by atoms with Crippen LogP contribution in [0.5, 0.6) is 5.75 Å². The molecule has 0 spiro atoms. The third-order valence-corrected chi connectivity index (χ3v) is 5.55. The minimum absolute atomic E-state index is 0.00298. The van der Waals surface area contributed by atoms with E-state index in [2.05, 4.69) is 33.0 Å². The van der Waals surface area contributed by atoms with Crippen LogP contribution in [0.4, 0.5) is 32.0 Å². The predicted octanol–water partition coefficient (Wildman–Crippen LogP) is 4.29. The number of benzene rings is 2. The van der Waals surface area contributed by atoms with Crippen LogP contribution in [-0.4, -0.2) is 70.8 Å². The number of aromatic nitrogens is 2. The number of nitrogens with one attached hydrogen (secondary N) is 3. The SMILES string of the molecule is COc1cc(-c2cn[nH]c2)ccc1NC(=O)[C@H]1CNC[C@@H]1c1ccccc1.O=C(O)C(F)(F)F.O=C(O)C(F)(F)F. The second kappa shape index (κ2) is 14.2. The minimum atomic E-state index is -5.08. The number of aromatic amines is 1. The zero-order valence-corrected chi connectivity index (χ0v) is 21.1. The Balaban J connectivity index is 0.000000349. The largest absolute Gasteiger partial charge is 0.495 e. The minimum Gasteiger partial charge on any atom is -0.495 e. The van der Waals surface area contributed by atoms with Gasteiger partial charge in [0, 0.05) is 30.8 Å². The Kier molecular flexibility index (Phi) is 11.3. The van der Waals surface area contributed by atoms with E-state index in [1.165, 1.54) is 5.56 Å². The first-order valence-corrected chi connectivity index (χ1v) is 11.5. The third-order valence-electron chi connectivity index (χ3n) is 5.55. The van der Waals surface area contributed by atoms with E-state index >= 15 is 0 Å². The van der Waals surface area contributed by atoms with Crippen molar-refractivity contribution in [3.63, 3.8) is 0 Å². The summed E-state index contributed by atoms with van der Waals surface area (Å²) in [5.74, 6) is -4.83. The number of nitrogens with zero attached hydrogens (tertiary/aromatic N) is 1. The van der Waals surface area contributed by atoms with Crippen molar-refractivity contribution in [2.45, 2.75) is 18.3 Å². The van der Waals surface area contributed by atoms with Crippen LogP contribution in [0.1, 0.15) is 11.5 Å². The summed E-state index contributed by atoms with van der Waals surface area (Å²) in [6.07, 6.45) is -6.59. The summed E-state index contributed by atoms with van der Waals surface area (Å²) >= 11 is 0. The lowest BCUT2D eigenvalue weighted by molar-refractivity contribution is -0.193. The monoisotopic (exact) mass is 590 g/mol. The molecule has 1 aliphatic heterocycles. The van der Waals surface area contributed by atoms with Crippen molar-refractivity contribution < 1.29 is 55.7 Å². The highest BCUT2D eigenvalue weighted by Crippen LogP contribution is 2.33. The maximum Gasteiger partial charge on any atom is 0.490 e. The van der Waals surface area contributed by atoms with Crippen LogP contribution in [0.25, 0.3) is 11.1 Å². The number of aliphatic carboxylic acids is 2. The Morgan fingerprint density at radius 1 is 0.927 bits per heavy atom. The standard InChI is InChI=1S/C21H22N4O2.2C2HF3O2/c1-27-20-9-15(16-10-23-24-11-16)7-8-19(20)25-21(26)18-13-22-12-17(18)14-5-3-2-4-6-14;2*3-2(4,5)1(6)7/h2-11,17-18,22H,12-13H2,1H3,(H,23,24)(H,25,26);2*(H,6,7)/t17-,18+;;/m1../s1. The molecule has 1 aliphatic rings. The van der Waals surface area contributed by atoms with E-state index in [-0.39, 0.29) is 17.7 Å². The maximum absolute atomic E-state index is 13.0. The molecule has 4 rings (SSSR count). The van der Waals surface area contributed by atoms with Crippen LogP contribution in [-0.2, 0) is 14.4 Å². The van der Waals surface area contributed by atoms with E-state index in [0.717, 1.165) is 17.7 Å². The van der Waals surface area contributed by atoms with Crippen LogP contribution >= 0.6 is 0 Å². The molecule has 0 aliphatic carbocycles. The number of hydrogen-bond acceptors (Lipinski definition) is 6. The van der Waals surface area contributed by atoms with Crippen molar-refractivity contribution in [3.8, 4) is 16.9 Å². The molecule has 2 aromatic carbocycles. The molecule has 222 valence electrons. The van der Waals surface area contributed by atoms with Crippen molar-refractivity contribution >= 4 is 23.5 Å². The van der Waals surface area contributed by atoms with Gasteiger partial charge in [-0.25, -0.2) is 9.59 Å². The number of amides is 1. The summed E-state index contributed by atoms with van der Waals surface area (Å²) in [6.45, 7) is 1.47. The number of halogens is 6. The predicted molar refractivity (Wildman–Crippen MR) is 132 cm³/mol. The normalized spacial score (nSPS) is 16.4. The van der Waals surface area contributed by atoms with Gasteiger partial charge in [-0.15, -0.1) is 0 Å². The number of carboxylic acids is 2. The molecule has 10 nitrogen and oxygen atoms in total. The Bertz CT molecular complexity index is 1280. The Hall–Kier alpha value is -4.60. The van der Waals surface area contributed by atoms with Crippen molar-refractivity contribution in [3.05, 3.63) is 66.5 Å². The topological polar surface area (TPSA) is 154 Å². The molecule has 0 bridgehead atoms. The summed E-state index contributed by atoms with van der Waals surface area (Å²) in [5.41, 5.74) is 3.80. The third kappa shape index (κ3) is 9.82. The van der Waals surface area contributed by atoms with Crippen molar-refractivity contribution in [2.24, 2.45) is 5.92 Å². The van der Waals surface area contributed by atoms with Gasteiger partial charge in [0.05, 0.1) is 24.9 Å². The van der Waals surface area contributed by atoms with E-state index in [9.17, 15) is 31.1 Å². The van der Waals surface area contributed by atoms with Gasteiger partial charge in [-0.05, 0) is 23.3 Å². The molecule has 0 radical (unpaired) electrons. The van der Waals surface area contributed by atoms with Gasteiger partial charge >= 0.3 is 24.3 Å². The highest BCUT2D eigenvalue weighted by atomic mass is 19.4. The molecule has 16 heteroatoms. The van der Waals surface area contributed by atoms with Crippen LogP contribution < -0.4 is 15.4 Å². The van der Waals surface area contributed by atoms with Crippen LogP contribution in [0.15, 0.2) is 60.9 Å². The average molecular weight is 590 g/mol. The smallest absolute Gasteiger partial charge is 0.490 e. The zero-order chi connectivity index (χ0) is 30.8. The second-order valence-corrected chi connectivity index (χ2v) is 8.28. The molecule has 2 heterocycles. The number of carbonyl (C=O) groups excluding carboxylic acids is 1. The maximum atomic E-state index is 13.0. The van der Waals surface area contributed by atoms with Gasteiger partial charge in [-0.2, -0.15) is 31.4 Å². The Morgan fingerprint density at radius 3 is 2.00 bits per heavy atom. The van der Waals surface area contributed by atoms with Crippen LogP contribution in [0.2, 0.25) is 0 Å². The van der Waals surface area contributed by atoms with Crippen LogP contribution in [0, 0.1) is 5.92 Å². The molecule has 2 atom stereocenters. The summed E-state index contributed by atoms with van der Waals surface area (Å²) < 4.78 is 69.0. The number of hydrogen-bond donors (Lipinski definition) is 5. The van der Waals surface area contributed by atoms with E-state index in [1.807, 2.05) is 42.6 Å². The summed E-state index contributed by atoms with van der Waals surface area (Å²) in [7, 11) is 1.61. The lowest BCUT2D eigenvalue weighted by Gasteiger charge is -2.19. The molecule has 0 unspecified atom stereocenters. The molecule has 41 heavy (non-hydrogen) atoms. The number of carboxylic acid groups (broad SMARTS) is 2.